The van der Waals surface area contributed by atoms with Crippen LogP contribution >= 0.6 is 0 Å². The summed E-state index contributed by atoms with van der Waals surface area (Å²) >= 11 is 0. The van der Waals surface area contributed by atoms with Gasteiger partial charge in [0.15, 0.2) is 0 Å². The van der Waals surface area contributed by atoms with E-state index < -0.39 is 0 Å². The smallest absolute Gasteiger partial charge is 0.0620 e. The molecule has 1 rings (SSSR count). The standard InChI is InChI=1S/C10H21NO/c1-4-10(3,5-2)11-9-6-7-12-8-9/h9,11H,4-8H2,1-3H3. The Kier molecular flexibility index (Phi) is 3.53. The number of nitrogens with one attached hydrogen (secondary N) is 1. The molecule has 2 heteroatoms. The Morgan fingerprint density at radius 1 is 1.42 bits per heavy atom. The molecule has 0 amide bonds. The third kappa shape index (κ3) is 2.46. The molecule has 0 saturated carbocycles. The molecule has 72 valence electrons. The van der Waals surface area contributed by atoms with Crippen LogP contribution in [-0.4, -0.2) is 24.8 Å². The van der Waals surface area contributed by atoms with E-state index in [0.717, 1.165) is 13.2 Å². The predicted octanol–water partition coefficient (Wildman–Crippen LogP) is 1.94. The zero-order valence-corrected chi connectivity index (χ0v) is 8.52. The fourth-order valence-electron chi connectivity index (χ4n) is 1.60. The Labute approximate surface area is 75.7 Å². The fourth-order valence-corrected chi connectivity index (χ4v) is 1.60. The van der Waals surface area contributed by atoms with Gasteiger partial charge in [0, 0.05) is 18.2 Å². The second-order valence-electron chi connectivity index (χ2n) is 3.97. The summed E-state index contributed by atoms with van der Waals surface area (Å²) < 4.78 is 5.33. The highest BCUT2D eigenvalue weighted by Gasteiger charge is 2.25. The Morgan fingerprint density at radius 2 is 2.08 bits per heavy atom. The summed E-state index contributed by atoms with van der Waals surface area (Å²) in [5.41, 5.74) is 0.318. The molecular weight excluding hydrogens is 150 g/mol. The molecule has 0 spiro atoms. The van der Waals surface area contributed by atoms with E-state index in [2.05, 4.69) is 26.1 Å². The van der Waals surface area contributed by atoms with Gasteiger partial charge in [-0.3, -0.25) is 0 Å². The molecule has 1 fully saturated rings. The van der Waals surface area contributed by atoms with Gasteiger partial charge >= 0.3 is 0 Å². The summed E-state index contributed by atoms with van der Waals surface area (Å²) in [5, 5.41) is 3.67. The van der Waals surface area contributed by atoms with Crippen molar-refractivity contribution in [3.8, 4) is 0 Å². The van der Waals surface area contributed by atoms with Crippen molar-refractivity contribution in [3.05, 3.63) is 0 Å². The van der Waals surface area contributed by atoms with Crippen LogP contribution in [0.4, 0.5) is 0 Å². The molecule has 1 aliphatic rings. The van der Waals surface area contributed by atoms with Crippen LogP contribution in [-0.2, 0) is 4.74 Å². The lowest BCUT2D eigenvalue weighted by Crippen LogP contribution is -2.47. The summed E-state index contributed by atoms with van der Waals surface area (Å²) in [6.07, 6.45) is 3.57. The van der Waals surface area contributed by atoms with E-state index >= 15 is 0 Å². The van der Waals surface area contributed by atoms with Crippen molar-refractivity contribution in [3.63, 3.8) is 0 Å². The topological polar surface area (TPSA) is 21.3 Å². The summed E-state index contributed by atoms with van der Waals surface area (Å²) in [5.74, 6) is 0. The maximum Gasteiger partial charge on any atom is 0.0620 e. The molecule has 0 aromatic rings. The summed E-state index contributed by atoms with van der Waals surface area (Å²) in [7, 11) is 0. The van der Waals surface area contributed by atoms with Gasteiger partial charge < -0.3 is 10.1 Å². The minimum absolute atomic E-state index is 0.318. The molecule has 0 aromatic carbocycles. The van der Waals surface area contributed by atoms with Crippen LogP contribution in [0.25, 0.3) is 0 Å². The first-order chi connectivity index (χ1) is 5.70. The first-order valence-corrected chi connectivity index (χ1v) is 5.05. The molecule has 1 saturated heterocycles. The van der Waals surface area contributed by atoms with Crippen LogP contribution in [0.2, 0.25) is 0 Å². The van der Waals surface area contributed by atoms with Crippen molar-refractivity contribution in [1.82, 2.24) is 5.32 Å². The van der Waals surface area contributed by atoms with Gasteiger partial charge in [-0.1, -0.05) is 13.8 Å². The van der Waals surface area contributed by atoms with E-state index in [-0.39, 0.29) is 0 Å². The molecule has 2 nitrogen and oxygen atoms in total. The Hall–Kier alpha value is -0.0800. The molecule has 1 N–H and O–H groups in total. The van der Waals surface area contributed by atoms with Crippen LogP contribution in [0, 0.1) is 0 Å². The lowest BCUT2D eigenvalue weighted by atomic mass is 9.94. The number of hydrogen-bond acceptors (Lipinski definition) is 2. The summed E-state index contributed by atoms with van der Waals surface area (Å²) in [6.45, 7) is 8.61. The molecule has 0 aliphatic carbocycles. The molecule has 1 heterocycles. The minimum Gasteiger partial charge on any atom is -0.380 e. The van der Waals surface area contributed by atoms with E-state index in [1.165, 1.54) is 19.3 Å². The Morgan fingerprint density at radius 3 is 2.50 bits per heavy atom. The lowest BCUT2D eigenvalue weighted by molar-refractivity contribution is 0.180. The van der Waals surface area contributed by atoms with E-state index in [1.54, 1.807) is 0 Å². The molecule has 0 radical (unpaired) electrons. The van der Waals surface area contributed by atoms with Crippen LogP contribution < -0.4 is 5.32 Å². The maximum atomic E-state index is 5.33. The number of hydrogen-bond donors (Lipinski definition) is 1. The van der Waals surface area contributed by atoms with Gasteiger partial charge in [0.25, 0.3) is 0 Å². The molecule has 12 heavy (non-hydrogen) atoms. The third-order valence-corrected chi connectivity index (χ3v) is 3.04. The van der Waals surface area contributed by atoms with Crippen molar-refractivity contribution >= 4 is 0 Å². The number of ether oxygens (including phenoxy) is 1. The van der Waals surface area contributed by atoms with Gasteiger partial charge in [-0.15, -0.1) is 0 Å². The first kappa shape index (κ1) is 10.0. The van der Waals surface area contributed by atoms with Gasteiger partial charge in [0.2, 0.25) is 0 Å². The Bertz CT molecular complexity index is 126. The minimum atomic E-state index is 0.318. The van der Waals surface area contributed by atoms with Gasteiger partial charge in [-0.05, 0) is 26.2 Å². The normalized spacial score (nSPS) is 24.8. The summed E-state index contributed by atoms with van der Waals surface area (Å²) in [6, 6.07) is 0.592. The number of rotatable bonds is 4. The molecular formula is C10H21NO. The van der Waals surface area contributed by atoms with Crippen LogP contribution in [0.5, 0.6) is 0 Å². The van der Waals surface area contributed by atoms with Crippen molar-refractivity contribution in [2.75, 3.05) is 13.2 Å². The van der Waals surface area contributed by atoms with Crippen molar-refractivity contribution in [2.24, 2.45) is 0 Å². The highest BCUT2D eigenvalue weighted by molar-refractivity contribution is 4.85. The monoisotopic (exact) mass is 171 g/mol. The average Bonchev–Trinajstić information content (AvgIpc) is 2.57. The van der Waals surface area contributed by atoms with Crippen LogP contribution in [0.1, 0.15) is 40.0 Å². The predicted molar refractivity (Wildman–Crippen MR) is 51.3 cm³/mol. The largest absolute Gasteiger partial charge is 0.380 e. The van der Waals surface area contributed by atoms with Crippen LogP contribution in [0.15, 0.2) is 0 Å². The van der Waals surface area contributed by atoms with Crippen molar-refractivity contribution in [1.29, 1.82) is 0 Å². The molecule has 0 aromatic heterocycles. The van der Waals surface area contributed by atoms with E-state index in [0.29, 0.717) is 11.6 Å². The second-order valence-corrected chi connectivity index (χ2v) is 3.97. The molecule has 1 atom stereocenters. The van der Waals surface area contributed by atoms with E-state index in [9.17, 15) is 0 Å². The lowest BCUT2D eigenvalue weighted by Gasteiger charge is -2.31. The molecule has 1 aliphatic heterocycles. The van der Waals surface area contributed by atoms with Crippen molar-refractivity contribution < 1.29 is 4.74 Å². The maximum absolute atomic E-state index is 5.33. The average molecular weight is 171 g/mol. The zero-order chi connectivity index (χ0) is 9.03. The van der Waals surface area contributed by atoms with Gasteiger partial charge in [0.05, 0.1) is 6.61 Å². The fraction of sp³-hybridized carbons (Fsp3) is 1.00. The quantitative estimate of drug-likeness (QED) is 0.698. The zero-order valence-electron chi connectivity index (χ0n) is 8.52. The van der Waals surface area contributed by atoms with E-state index in [4.69, 9.17) is 4.74 Å². The Balaban J connectivity index is 2.35. The van der Waals surface area contributed by atoms with Gasteiger partial charge in [-0.25, -0.2) is 0 Å². The highest BCUT2D eigenvalue weighted by atomic mass is 16.5. The molecule has 1 unspecified atom stereocenters. The highest BCUT2D eigenvalue weighted by Crippen LogP contribution is 2.17. The summed E-state index contributed by atoms with van der Waals surface area (Å²) in [4.78, 5) is 0. The first-order valence-electron chi connectivity index (χ1n) is 5.05. The SMILES string of the molecule is CCC(C)(CC)NC1CCOC1. The third-order valence-electron chi connectivity index (χ3n) is 3.04. The van der Waals surface area contributed by atoms with Crippen molar-refractivity contribution in [2.45, 2.75) is 51.6 Å². The van der Waals surface area contributed by atoms with E-state index in [1.807, 2.05) is 0 Å². The van der Waals surface area contributed by atoms with Gasteiger partial charge in [0.1, 0.15) is 0 Å². The van der Waals surface area contributed by atoms with Crippen LogP contribution in [0.3, 0.4) is 0 Å². The molecule has 0 bridgehead atoms. The van der Waals surface area contributed by atoms with Gasteiger partial charge in [-0.2, -0.15) is 0 Å². The second kappa shape index (κ2) is 4.24.